The van der Waals surface area contributed by atoms with E-state index < -0.39 is 0 Å². The second kappa shape index (κ2) is 9.59. The molecule has 0 unspecified atom stereocenters. The highest BCUT2D eigenvalue weighted by Crippen LogP contribution is 2.50. The molecular weight excluding hydrogens is 528 g/mol. The number of aryl methyl sites for hydroxylation is 1. The molecule has 6 rings (SSSR count). The second-order valence-electron chi connectivity index (χ2n) is 8.48. The van der Waals surface area contributed by atoms with Crippen LogP contribution in [0.1, 0.15) is 10.6 Å². The van der Waals surface area contributed by atoms with E-state index in [-0.39, 0.29) is 5.91 Å². The average molecular weight is 549 g/mol. The quantitative estimate of drug-likeness (QED) is 0.247. The molecule has 0 saturated carbocycles. The van der Waals surface area contributed by atoms with E-state index in [1.807, 2.05) is 62.5 Å². The third-order valence-corrected chi connectivity index (χ3v) is 9.64. The number of carbonyl (C=O) groups excluding carboxylic acids is 1. The molecule has 36 heavy (non-hydrogen) atoms. The lowest BCUT2D eigenvalue weighted by Gasteiger charge is -2.17. The smallest absolute Gasteiger partial charge is 0.269 e. The Labute approximate surface area is 226 Å². The second-order valence-corrected chi connectivity index (χ2v) is 12.2. The van der Waals surface area contributed by atoms with Crippen molar-refractivity contribution in [2.45, 2.75) is 18.2 Å². The number of amides is 1. The minimum Gasteiger partial charge on any atom is -0.337 e. The van der Waals surface area contributed by atoms with E-state index in [9.17, 15) is 4.79 Å². The van der Waals surface area contributed by atoms with Crippen LogP contribution < -0.4 is 4.90 Å². The molecule has 5 nitrogen and oxygen atoms in total. The Morgan fingerprint density at radius 1 is 1.03 bits per heavy atom. The van der Waals surface area contributed by atoms with Gasteiger partial charge in [-0.2, -0.15) is 0 Å². The number of amidine groups is 1. The van der Waals surface area contributed by atoms with Crippen molar-refractivity contribution in [3.8, 4) is 0 Å². The van der Waals surface area contributed by atoms with Gasteiger partial charge in [0.25, 0.3) is 5.91 Å². The maximum Gasteiger partial charge on any atom is 0.269 e. The van der Waals surface area contributed by atoms with Crippen molar-refractivity contribution >= 4 is 79.1 Å². The highest BCUT2D eigenvalue weighted by molar-refractivity contribution is 8.19. The number of aromatic nitrogens is 1. The maximum absolute atomic E-state index is 13.8. The Hall–Kier alpha value is -2.78. The molecule has 3 aromatic carbocycles. The molecule has 4 aromatic rings. The first-order valence-electron chi connectivity index (χ1n) is 11.4. The van der Waals surface area contributed by atoms with E-state index >= 15 is 0 Å². The number of rotatable bonds is 4. The monoisotopic (exact) mass is 548 g/mol. The molecule has 0 N–H and O–H groups in total. The van der Waals surface area contributed by atoms with Crippen LogP contribution >= 0.6 is 46.5 Å². The minimum atomic E-state index is -0.0199. The van der Waals surface area contributed by atoms with Crippen LogP contribution in [0.2, 0.25) is 5.02 Å². The summed E-state index contributed by atoms with van der Waals surface area (Å²) in [6.07, 6.45) is 0.748. The normalized spacial score (nSPS) is 18.6. The number of hydrogen-bond donors (Lipinski definition) is 0. The van der Waals surface area contributed by atoms with E-state index in [2.05, 4.69) is 28.1 Å². The molecule has 180 valence electrons. The van der Waals surface area contributed by atoms with Gasteiger partial charge in [0.05, 0.1) is 31.6 Å². The Morgan fingerprint density at radius 3 is 2.69 bits per heavy atom. The molecule has 0 aliphatic carbocycles. The molecule has 0 spiro atoms. The van der Waals surface area contributed by atoms with Gasteiger partial charge in [0.15, 0.2) is 5.17 Å². The van der Waals surface area contributed by atoms with Gasteiger partial charge in [0.2, 0.25) is 0 Å². The van der Waals surface area contributed by atoms with Crippen molar-refractivity contribution in [2.75, 3.05) is 18.5 Å². The standard InChI is InChI=1S/C27H21ClN4OS3/c1-16-29-20-15-19(9-11-22(20)34-16)30-27-32(13-12-17-6-4-3-5-7-17)25(33)24(36-27)26-31(2)21-14-18(28)8-10-23(21)35-26/h3-11,14-15H,12-13H2,1-2H3. The summed E-state index contributed by atoms with van der Waals surface area (Å²) in [5.41, 5.74) is 3.92. The number of fused-ring (bicyclic) bond motifs is 2. The third-order valence-electron chi connectivity index (χ3n) is 6.02. The summed E-state index contributed by atoms with van der Waals surface area (Å²) in [7, 11) is 1.98. The molecular formula is C27H21ClN4OS3. The zero-order chi connectivity index (χ0) is 24.8. The van der Waals surface area contributed by atoms with Crippen molar-refractivity contribution in [3.63, 3.8) is 0 Å². The number of thiazole rings is 1. The number of anilines is 1. The largest absolute Gasteiger partial charge is 0.337 e. The zero-order valence-corrected chi connectivity index (χ0v) is 22.8. The third kappa shape index (κ3) is 4.43. The van der Waals surface area contributed by atoms with E-state index in [0.717, 1.165) is 42.9 Å². The number of aliphatic imine (C=N–C) groups is 1. The van der Waals surface area contributed by atoms with Gasteiger partial charge in [0.1, 0.15) is 4.91 Å². The first-order valence-corrected chi connectivity index (χ1v) is 14.2. The number of nitrogens with zero attached hydrogens (tertiary/aromatic N) is 4. The first-order chi connectivity index (χ1) is 17.5. The van der Waals surface area contributed by atoms with Gasteiger partial charge in [-0.25, -0.2) is 9.98 Å². The van der Waals surface area contributed by atoms with Crippen molar-refractivity contribution in [2.24, 2.45) is 4.99 Å². The number of halogens is 1. The van der Waals surface area contributed by atoms with E-state index in [1.165, 1.54) is 17.3 Å². The molecule has 2 aliphatic rings. The number of carbonyl (C=O) groups is 1. The summed E-state index contributed by atoms with van der Waals surface area (Å²) in [5.74, 6) is -0.0199. The van der Waals surface area contributed by atoms with Crippen molar-refractivity contribution in [3.05, 3.63) is 92.3 Å². The summed E-state index contributed by atoms with van der Waals surface area (Å²) in [6, 6.07) is 22.1. The fourth-order valence-corrected chi connectivity index (χ4v) is 7.55. The highest BCUT2D eigenvalue weighted by atomic mass is 35.5. The zero-order valence-electron chi connectivity index (χ0n) is 19.6. The Bertz CT molecular complexity index is 1560. The van der Waals surface area contributed by atoms with Crippen LogP contribution in [0.25, 0.3) is 10.2 Å². The summed E-state index contributed by atoms with van der Waals surface area (Å²) >= 11 is 11.0. The van der Waals surface area contributed by atoms with Crippen LogP contribution in [-0.4, -0.2) is 34.6 Å². The van der Waals surface area contributed by atoms with Gasteiger partial charge in [-0.05, 0) is 67.1 Å². The van der Waals surface area contributed by atoms with Gasteiger partial charge in [-0.1, -0.05) is 53.7 Å². The number of benzene rings is 3. The Kier molecular flexibility index (Phi) is 6.29. The predicted molar refractivity (Wildman–Crippen MR) is 154 cm³/mol. The average Bonchev–Trinajstić information content (AvgIpc) is 3.50. The molecule has 2 aliphatic heterocycles. The van der Waals surface area contributed by atoms with E-state index in [4.69, 9.17) is 16.6 Å². The van der Waals surface area contributed by atoms with Crippen LogP contribution in [0.3, 0.4) is 0 Å². The van der Waals surface area contributed by atoms with Crippen LogP contribution in [0.15, 0.2) is 86.6 Å². The summed E-state index contributed by atoms with van der Waals surface area (Å²) in [4.78, 5) is 29.0. The topological polar surface area (TPSA) is 48.8 Å². The summed E-state index contributed by atoms with van der Waals surface area (Å²) in [5, 5.41) is 3.30. The highest BCUT2D eigenvalue weighted by Gasteiger charge is 2.39. The molecule has 0 radical (unpaired) electrons. The lowest BCUT2D eigenvalue weighted by molar-refractivity contribution is -0.122. The number of hydrogen-bond acceptors (Lipinski definition) is 7. The lowest BCUT2D eigenvalue weighted by Crippen LogP contribution is -2.31. The molecule has 3 heterocycles. The predicted octanol–water partition coefficient (Wildman–Crippen LogP) is 7.47. The summed E-state index contributed by atoms with van der Waals surface area (Å²) in [6.45, 7) is 2.56. The molecule has 9 heteroatoms. The maximum atomic E-state index is 13.8. The number of thioether (sulfide) groups is 2. The van der Waals surface area contributed by atoms with Crippen LogP contribution in [0, 0.1) is 6.92 Å². The van der Waals surface area contributed by atoms with Crippen LogP contribution in [0.5, 0.6) is 0 Å². The van der Waals surface area contributed by atoms with Gasteiger partial charge in [0, 0.05) is 23.5 Å². The van der Waals surface area contributed by atoms with Crippen LogP contribution in [-0.2, 0) is 11.2 Å². The molecule has 1 amide bonds. The van der Waals surface area contributed by atoms with E-state index in [0.29, 0.717) is 21.6 Å². The molecule has 0 atom stereocenters. The molecule has 0 bridgehead atoms. The molecule has 1 fully saturated rings. The van der Waals surface area contributed by atoms with Crippen molar-refractivity contribution in [1.82, 2.24) is 9.88 Å². The van der Waals surface area contributed by atoms with E-state index in [1.54, 1.807) is 28.0 Å². The van der Waals surface area contributed by atoms with Gasteiger partial charge >= 0.3 is 0 Å². The fourth-order valence-electron chi connectivity index (χ4n) is 4.23. The minimum absolute atomic E-state index is 0.0199. The SMILES string of the molecule is Cc1nc2cc(N=C3SC(=C4Sc5ccc(Cl)cc5N4C)C(=O)N3CCc3ccccc3)ccc2s1. The van der Waals surface area contributed by atoms with Gasteiger partial charge in [-0.3, -0.25) is 9.69 Å². The fraction of sp³-hybridized carbons (Fsp3) is 0.148. The molecule has 1 saturated heterocycles. The lowest BCUT2D eigenvalue weighted by atomic mass is 10.1. The summed E-state index contributed by atoms with van der Waals surface area (Å²) < 4.78 is 1.13. The van der Waals surface area contributed by atoms with Crippen LogP contribution in [0.4, 0.5) is 11.4 Å². The van der Waals surface area contributed by atoms with Crippen molar-refractivity contribution < 1.29 is 4.79 Å². The van der Waals surface area contributed by atoms with Gasteiger partial charge in [-0.15, -0.1) is 11.3 Å². The Morgan fingerprint density at radius 2 is 1.86 bits per heavy atom. The van der Waals surface area contributed by atoms with Crippen molar-refractivity contribution in [1.29, 1.82) is 0 Å². The first kappa shape index (κ1) is 23.6. The Balaban J connectivity index is 1.38. The molecule has 1 aromatic heterocycles. The van der Waals surface area contributed by atoms with Gasteiger partial charge < -0.3 is 4.90 Å².